The summed E-state index contributed by atoms with van der Waals surface area (Å²) < 4.78 is 27.8. The summed E-state index contributed by atoms with van der Waals surface area (Å²) in [6, 6.07) is 13.3. The minimum atomic E-state index is -3.67. The van der Waals surface area contributed by atoms with Crippen LogP contribution in [0, 0.1) is 0 Å². The zero-order valence-corrected chi connectivity index (χ0v) is 10.2. The van der Waals surface area contributed by atoms with Crippen LogP contribution in [0.5, 0.6) is 0 Å². The average molecular weight is 273 g/mol. The quantitative estimate of drug-likeness (QED) is 0.749. The van der Waals surface area contributed by atoms with Crippen LogP contribution in [0.3, 0.4) is 0 Å². The van der Waals surface area contributed by atoms with Gasteiger partial charge in [0.15, 0.2) is 0 Å². The normalized spacial score (nSPS) is 16.1. The second-order valence-electron chi connectivity index (χ2n) is 4.40. The number of carbonyl (C=O) groups excluding carboxylic acids is 2. The van der Waals surface area contributed by atoms with Crippen molar-refractivity contribution in [1.29, 1.82) is 0 Å². The Kier molecular flexibility index (Phi) is 2.64. The molecule has 0 radical (unpaired) electrons. The summed E-state index contributed by atoms with van der Waals surface area (Å²) in [4.78, 5) is 24.7. The van der Waals surface area contributed by atoms with Crippen molar-refractivity contribution in [1.82, 2.24) is 0 Å². The number of halogens is 2. The first-order chi connectivity index (χ1) is 9.53. The molecule has 0 atom stereocenters. The van der Waals surface area contributed by atoms with Gasteiger partial charge in [0, 0.05) is 5.56 Å². The molecule has 0 unspecified atom stereocenters. The summed E-state index contributed by atoms with van der Waals surface area (Å²) >= 11 is 0. The van der Waals surface area contributed by atoms with Gasteiger partial charge in [-0.3, -0.25) is 9.59 Å². The molecular formula is C15H9F2NO2. The van der Waals surface area contributed by atoms with E-state index in [0.717, 1.165) is 6.07 Å². The number of nitrogens with zero attached hydrogens (tertiary/aromatic N) is 1. The number of hydrogen-bond donors (Lipinski definition) is 0. The van der Waals surface area contributed by atoms with Crippen molar-refractivity contribution >= 4 is 17.5 Å². The van der Waals surface area contributed by atoms with Crippen molar-refractivity contribution in [3.05, 3.63) is 65.7 Å². The standard InChI is InChI=1S/C15H9F2NO2/c16-15(17)11-8-4-5-9-12(11)18(14(15)20)13(19)10-6-2-1-3-7-10/h1-9H. The molecule has 2 amide bonds. The summed E-state index contributed by atoms with van der Waals surface area (Å²) in [6.45, 7) is 0. The number of imide groups is 1. The molecule has 0 fully saturated rings. The van der Waals surface area contributed by atoms with Gasteiger partial charge < -0.3 is 0 Å². The maximum Gasteiger partial charge on any atom is 0.352 e. The van der Waals surface area contributed by atoms with Crippen molar-refractivity contribution in [3.8, 4) is 0 Å². The molecule has 5 heteroatoms. The number of benzene rings is 2. The van der Waals surface area contributed by atoms with Gasteiger partial charge in [0.2, 0.25) is 0 Å². The zero-order valence-electron chi connectivity index (χ0n) is 10.2. The molecule has 20 heavy (non-hydrogen) atoms. The summed E-state index contributed by atoms with van der Waals surface area (Å²) in [5.41, 5.74) is -0.306. The molecule has 2 aromatic carbocycles. The van der Waals surface area contributed by atoms with E-state index in [0.29, 0.717) is 4.90 Å². The number of hydrogen-bond acceptors (Lipinski definition) is 2. The van der Waals surface area contributed by atoms with Crippen LogP contribution in [-0.4, -0.2) is 11.8 Å². The number of amides is 2. The van der Waals surface area contributed by atoms with E-state index < -0.39 is 23.3 Å². The Morgan fingerprint density at radius 2 is 1.55 bits per heavy atom. The summed E-state index contributed by atoms with van der Waals surface area (Å²) in [5, 5.41) is 0. The Hall–Kier alpha value is -2.56. The first-order valence-corrected chi connectivity index (χ1v) is 5.95. The van der Waals surface area contributed by atoms with Crippen LogP contribution in [0.15, 0.2) is 54.6 Å². The number of carbonyl (C=O) groups is 2. The summed E-state index contributed by atoms with van der Waals surface area (Å²) in [7, 11) is 0. The Bertz CT molecular complexity index is 698. The lowest BCUT2D eigenvalue weighted by Crippen LogP contribution is -2.39. The second kappa shape index (κ2) is 4.23. The van der Waals surface area contributed by atoms with Crippen molar-refractivity contribution in [2.45, 2.75) is 5.92 Å². The predicted octanol–water partition coefficient (Wildman–Crippen LogP) is 2.97. The number of anilines is 1. The molecule has 0 bridgehead atoms. The Balaban J connectivity index is 2.12. The maximum atomic E-state index is 13.9. The molecule has 3 nitrogen and oxygen atoms in total. The number of para-hydroxylation sites is 1. The number of alkyl halides is 2. The van der Waals surface area contributed by atoms with Gasteiger partial charge in [-0.2, -0.15) is 8.78 Å². The van der Waals surface area contributed by atoms with E-state index in [-0.39, 0.29) is 11.3 Å². The molecule has 0 saturated heterocycles. The number of rotatable bonds is 1. The van der Waals surface area contributed by atoms with Crippen molar-refractivity contribution in [3.63, 3.8) is 0 Å². The van der Waals surface area contributed by atoms with Gasteiger partial charge in [-0.25, -0.2) is 4.90 Å². The highest BCUT2D eigenvalue weighted by atomic mass is 19.3. The van der Waals surface area contributed by atoms with Crippen LogP contribution in [0.1, 0.15) is 15.9 Å². The van der Waals surface area contributed by atoms with Gasteiger partial charge in [0.1, 0.15) is 0 Å². The van der Waals surface area contributed by atoms with Crippen LogP contribution >= 0.6 is 0 Å². The van der Waals surface area contributed by atoms with E-state index in [9.17, 15) is 18.4 Å². The van der Waals surface area contributed by atoms with Crippen molar-refractivity contribution < 1.29 is 18.4 Å². The van der Waals surface area contributed by atoms with Crippen molar-refractivity contribution in [2.24, 2.45) is 0 Å². The van der Waals surface area contributed by atoms with E-state index in [1.54, 1.807) is 18.2 Å². The molecule has 2 aromatic rings. The van der Waals surface area contributed by atoms with Gasteiger partial charge >= 0.3 is 11.8 Å². The molecule has 0 N–H and O–H groups in total. The highest BCUT2D eigenvalue weighted by molar-refractivity contribution is 6.26. The van der Waals surface area contributed by atoms with Crippen molar-refractivity contribution in [2.75, 3.05) is 4.90 Å². The largest absolute Gasteiger partial charge is 0.352 e. The van der Waals surface area contributed by atoms with Crippen LogP contribution < -0.4 is 4.90 Å². The van der Waals surface area contributed by atoms with Gasteiger partial charge in [-0.15, -0.1) is 0 Å². The molecule has 0 spiro atoms. The van der Waals surface area contributed by atoms with Crippen LogP contribution in [0.2, 0.25) is 0 Å². The monoisotopic (exact) mass is 273 g/mol. The van der Waals surface area contributed by atoms with Gasteiger partial charge in [-0.05, 0) is 18.2 Å². The lowest BCUT2D eigenvalue weighted by atomic mass is 10.1. The fourth-order valence-corrected chi connectivity index (χ4v) is 2.21. The minimum absolute atomic E-state index is 0.0589. The zero-order chi connectivity index (χ0) is 14.3. The third-order valence-corrected chi connectivity index (χ3v) is 3.18. The van der Waals surface area contributed by atoms with Gasteiger partial charge in [0.05, 0.1) is 11.3 Å². The average Bonchev–Trinajstić information content (AvgIpc) is 2.67. The molecule has 1 aliphatic rings. The summed E-state index contributed by atoms with van der Waals surface area (Å²) in [6.07, 6.45) is 0. The van der Waals surface area contributed by atoms with Crippen LogP contribution in [-0.2, 0) is 10.7 Å². The Morgan fingerprint density at radius 1 is 0.950 bits per heavy atom. The third-order valence-electron chi connectivity index (χ3n) is 3.18. The molecular weight excluding hydrogens is 264 g/mol. The van der Waals surface area contributed by atoms with E-state index in [1.807, 2.05) is 0 Å². The van der Waals surface area contributed by atoms with E-state index in [4.69, 9.17) is 0 Å². The van der Waals surface area contributed by atoms with Crippen LogP contribution in [0.4, 0.5) is 14.5 Å². The second-order valence-corrected chi connectivity index (χ2v) is 4.40. The topological polar surface area (TPSA) is 37.4 Å². The minimum Gasteiger partial charge on any atom is -0.268 e. The first kappa shape index (κ1) is 12.5. The first-order valence-electron chi connectivity index (χ1n) is 5.95. The van der Waals surface area contributed by atoms with E-state index >= 15 is 0 Å². The lowest BCUT2D eigenvalue weighted by Gasteiger charge is -2.15. The molecule has 100 valence electrons. The highest BCUT2D eigenvalue weighted by Crippen LogP contribution is 2.44. The fourth-order valence-electron chi connectivity index (χ4n) is 2.21. The SMILES string of the molecule is O=C(c1ccccc1)N1C(=O)C(F)(F)c2ccccc21. The lowest BCUT2D eigenvalue weighted by molar-refractivity contribution is -0.140. The smallest absolute Gasteiger partial charge is 0.268 e. The summed E-state index contributed by atoms with van der Waals surface area (Å²) in [5.74, 6) is -5.92. The molecule has 3 rings (SSSR count). The Morgan fingerprint density at radius 3 is 2.25 bits per heavy atom. The molecule has 1 aliphatic heterocycles. The Labute approximate surface area is 113 Å². The highest BCUT2D eigenvalue weighted by Gasteiger charge is 2.54. The molecule has 1 heterocycles. The fraction of sp³-hybridized carbons (Fsp3) is 0.0667. The van der Waals surface area contributed by atoms with Gasteiger partial charge in [0.25, 0.3) is 5.91 Å². The predicted molar refractivity (Wildman–Crippen MR) is 68.6 cm³/mol. The molecule has 0 saturated carbocycles. The molecule has 0 aromatic heterocycles. The van der Waals surface area contributed by atoms with Gasteiger partial charge in [-0.1, -0.05) is 36.4 Å². The third kappa shape index (κ3) is 1.63. The molecule has 0 aliphatic carbocycles. The van der Waals surface area contributed by atoms with E-state index in [2.05, 4.69) is 0 Å². The van der Waals surface area contributed by atoms with Crippen LogP contribution in [0.25, 0.3) is 0 Å². The van der Waals surface area contributed by atoms with E-state index in [1.165, 1.54) is 30.3 Å². The maximum absolute atomic E-state index is 13.9. The number of fused-ring (bicyclic) bond motifs is 1.